The van der Waals surface area contributed by atoms with E-state index < -0.39 is 17.5 Å². The SMILES string of the molecule is N#Cc1cc(F)ccc1Nc1ccc(F)c(F)c1. The van der Waals surface area contributed by atoms with Crippen molar-refractivity contribution in [3.63, 3.8) is 0 Å². The first kappa shape index (κ1) is 12.0. The Balaban J connectivity index is 2.34. The molecule has 0 aliphatic heterocycles. The molecule has 0 aliphatic rings. The van der Waals surface area contributed by atoms with Gasteiger partial charge in [-0.25, -0.2) is 13.2 Å². The van der Waals surface area contributed by atoms with E-state index in [0.29, 0.717) is 5.69 Å². The molecule has 2 nitrogen and oxygen atoms in total. The van der Waals surface area contributed by atoms with E-state index >= 15 is 0 Å². The largest absolute Gasteiger partial charge is 0.354 e. The molecule has 0 heterocycles. The van der Waals surface area contributed by atoms with E-state index in [-0.39, 0.29) is 11.3 Å². The van der Waals surface area contributed by atoms with Crippen molar-refractivity contribution in [1.82, 2.24) is 0 Å². The van der Waals surface area contributed by atoms with Crippen molar-refractivity contribution in [1.29, 1.82) is 5.26 Å². The molecule has 2 aromatic rings. The summed E-state index contributed by atoms with van der Waals surface area (Å²) in [6.45, 7) is 0. The maximum atomic E-state index is 13.0. The molecule has 5 heteroatoms. The van der Waals surface area contributed by atoms with Crippen LogP contribution in [0.5, 0.6) is 0 Å². The number of nitrogens with zero attached hydrogens (tertiary/aromatic N) is 1. The van der Waals surface area contributed by atoms with Gasteiger partial charge in [0.25, 0.3) is 0 Å². The Morgan fingerprint density at radius 3 is 2.39 bits per heavy atom. The van der Waals surface area contributed by atoms with Gasteiger partial charge in [-0.2, -0.15) is 5.26 Å². The van der Waals surface area contributed by atoms with Gasteiger partial charge in [-0.05, 0) is 30.3 Å². The number of nitriles is 1. The van der Waals surface area contributed by atoms with E-state index in [9.17, 15) is 13.2 Å². The minimum atomic E-state index is -0.999. The number of anilines is 2. The van der Waals surface area contributed by atoms with Crippen molar-refractivity contribution in [3.05, 3.63) is 59.4 Å². The van der Waals surface area contributed by atoms with Gasteiger partial charge in [-0.1, -0.05) is 0 Å². The van der Waals surface area contributed by atoms with Crippen molar-refractivity contribution >= 4 is 11.4 Å². The Hall–Kier alpha value is -2.48. The number of benzene rings is 2. The molecule has 0 aliphatic carbocycles. The summed E-state index contributed by atoms with van der Waals surface area (Å²) in [6.07, 6.45) is 0. The highest BCUT2D eigenvalue weighted by Crippen LogP contribution is 2.22. The van der Waals surface area contributed by atoms with E-state index in [1.165, 1.54) is 18.2 Å². The Morgan fingerprint density at radius 1 is 0.944 bits per heavy atom. The van der Waals surface area contributed by atoms with Crippen molar-refractivity contribution in [3.8, 4) is 6.07 Å². The summed E-state index contributed by atoms with van der Waals surface area (Å²) in [7, 11) is 0. The molecule has 0 spiro atoms. The summed E-state index contributed by atoms with van der Waals surface area (Å²) in [5.41, 5.74) is 0.682. The van der Waals surface area contributed by atoms with Gasteiger partial charge in [-0.3, -0.25) is 0 Å². The predicted octanol–water partition coefficient (Wildman–Crippen LogP) is 3.72. The van der Waals surface area contributed by atoms with Crippen LogP contribution < -0.4 is 5.32 Å². The van der Waals surface area contributed by atoms with Crippen molar-refractivity contribution in [2.75, 3.05) is 5.32 Å². The fraction of sp³-hybridized carbons (Fsp3) is 0. The molecule has 0 radical (unpaired) electrons. The van der Waals surface area contributed by atoms with Crippen molar-refractivity contribution < 1.29 is 13.2 Å². The minimum Gasteiger partial charge on any atom is -0.354 e. The minimum absolute atomic E-state index is 0.0831. The van der Waals surface area contributed by atoms with Crippen LogP contribution in [0.15, 0.2) is 36.4 Å². The maximum absolute atomic E-state index is 13.0. The first-order valence-corrected chi connectivity index (χ1v) is 5.02. The smallest absolute Gasteiger partial charge is 0.160 e. The second-order valence-electron chi connectivity index (χ2n) is 3.56. The van der Waals surface area contributed by atoms with Crippen molar-refractivity contribution in [2.24, 2.45) is 0 Å². The standard InChI is InChI=1S/C13H7F3N2/c14-9-1-4-13(8(5-9)7-17)18-10-2-3-11(15)12(16)6-10/h1-6,18H. The predicted molar refractivity (Wildman–Crippen MR) is 60.8 cm³/mol. The third-order valence-electron chi connectivity index (χ3n) is 2.30. The summed E-state index contributed by atoms with van der Waals surface area (Å²) in [5, 5.41) is 11.6. The van der Waals surface area contributed by atoms with Crippen LogP contribution in [0.2, 0.25) is 0 Å². The molecule has 0 fully saturated rings. The molecular weight excluding hydrogens is 241 g/mol. The maximum Gasteiger partial charge on any atom is 0.160 e. The molecule has 0 saturated heterocycles. The molecular formula is C13H7F3N2. The summed E-state index contributed by atoms with van der Waals surface area (Å²) in [4.78, 5) is 0. The monoisotopic (exact) mass is 248 g/mol. The highest BCUT2D eigenvalue weighted by molar-refractivity contribution is 5.66. The van der Waals surface area contributed by atoms with Crippen LogP contribution in [-0.2, 0) is 0 Å². The topological polar surface area (TPSA) is 35.8 Å². The molecule has 18 heavy (non-hydrogen) atoms. The molecule has 2 aromatic carbocycles. The summed E-state index contributed by atoms with van der Waals surface area (Å²) >= 11 is 0. The third kappa shape index (κ3) is 2.43. The van der Waals surface area contributed by atoms with Crippen LogP contribution in [0.1, 0.15) is 5.56 Å². The Kier molecular flexibility index (Phi) is 3.20. The number of hydrogen-bond donors (Lipinski definition) is 1. The van der Waals surface area contributed by atoms with Gasteiger partial charge in [0.05, 0.1) is 11.3 Å². The van der Waals surface area contributed by atoms with Crippen molar-refractivity contribution in [2.45, 2.75) is 0 Å². The summed E-state index contributed by atoms with van der Waals surface area (Å²) in [6, 6.07) is 8.64. The third-order valence-corrected chi connectivity index (χ3v) is 2.30. The fourth-order valence-electron chi connectivity index (χ4n) is 1.45. The van der Waals surface area contributed by atoms with E-state index in [1.54, 1.807) is 0 Å². The molecule has 0 bridgehead atoms. The molecule has 0 amide bonds. The van der Waals surface area contributed by atoms with E-state index in [2.05, 4.69) is 5.32 Å². The molecule has 0 unspecified atom stereocenters. The number of hydrogen-bond acceptors (Lipinski definition) is 2. The van der Waals surface area contributed by atoms with E-state index in [1.807, 2.05) is 6.07 Å². The lowest BCUT2D eigenvalue weighted by Crippen LogP contribution is -1.96. The van der Waals surface area contributed by atoms with Gasteiger partial charge in [0.2, 0.25) is 0 Å². The van der Waals surface area contributed by atoms with Gasteiger partial charge >= 0.3 is 0 Å². The normalized spacial score (nSPS) is 9.89. The average molecular weight is 248 g/mol. The lowest BCUT2D eigenvalue weighted by Gasteiger charge is -2.08. The fourth-order valence-corrected chi connectivity index (χ4v) is 1.45. The first-order valence-electron chi connectivity index (χ1n) is 5.02. The molecule has 0 saturated carbocycles. The van der Waals surface area contributed by atoms with Gasteiger partial charge in [0, 0.05) is 11.8 Å². The van der Waals surface area contributed by atoms with Crippen LogP contribution in [0, 0.1) is 28.8 Å². The second kappa shape index (κ2) is 4.80. The quantitative estimate of drug-likeness (QED) is 0.879. The van der Waals surface area contributed by atoms with Crippen LogP contribution in [0.25, 0.3) is 0 Å². The number of halogens is 3. The zero-order valence-electron chi connectivity index (χ0n) is 9.05. The zero-order valence-corrected chi connectivity index (χ0v) is 9.05. The zero-order chi connectivity index (χ0) is 13.1. The van der Waals surface area contributed by atoms with Crippen LogP contribution in [-0.4, -0.2) is 0 Å². The number of rotatable bonds is 2. The number of nitrogens with one attached hydrogen (secondary N) is 1. The van der Waals surface area contributed by atoms with Crippen LogP contribution >= 0.6 is 0 Å². The molecule has 0 aromatic heterocycles. The lowest BCUT2D eigenvalue weighted by molar-refractivity contribution is 0.509. The highest BCUT2D eigenvalue weighted by Gasteiger charge is 2.06. The molecule has 1 N–H and O–H groups in total. The Labute approximate surface area is 101 Å². The average Bonchev–Trinajstić information content (AvgIpc) is 2.36. The van der Waals surface area contributed by atoms with Gasteiger partial charge in [-0.15, -0.1) is 0 Å². The molecule has 0 atom stereocenters. The highest BCUT2D eigenvalue weighted by atomic mass is 19.2. The lowest BCUT2D eigenvalue weighted by atomic mass is 10.2. The second-order valence-corrected chi connectivity index (χ2v) is 3.56. The Morgan fingerprint density at radius 2 is 1.72 bits per heavy atom. The molecule has 90 valence electrons. The van der Waals surface area contributed by atoms with E-state index in [4.69, 9.17) is 5.26 Å². The van der Waals surface area contributed by atoms with E-state index in [0.717, 1.165) is 18.2 Å². The van der Waals surface area contributed by atoms with Gasteiger partial charge < -0.3 is 5.32 Å². The Bertz CT molecular complexity index is 633. The van der Waals surface area contributed by atoms with Gasteiger partial charge in [0.1, 0.15) is 11.9 Å². The van der Waals surface area contributed by atoms with Crippen LogP contribution in [0.4, 0.5) is 24.5 Å². The summed E-state index contributed by atoms with van der Waals surface area (Å²) in [5.74, 6) is -2.50. The first-order chi connectivity index (χ1) is 8.60. The summed E-state index contributed by atoms with van der Waals surface area (Å²) < 4.78 is 38.6. The molecule has 2 rings (SSSR count). The van der Waals surface area contributed by atoms with Gasteiger partial charge in [0.15, 0.2) is 11.6 Å². The van der Waals surface area contributed by atoms with Crippen LogP contribution in [0.3, 0.4) is 0 Å².